The van der Waals surface area contributed by atoms with Gasteiger partial charge in [-0.15, -0.1) is 0 Å². The highest BCUT2D eigenvalue weighted by atomic mass is 32.2. The summed E-state index contributed by atoms with van der Waals surface area (Å²) < 4.78 is 27.7. The molecule has 0 aromatic rings. The summed E-state index contributed by atoms with van der Waals surface area (Å²) in [7, 11) is -3.60. The molecule has 18 heavy (non-hydrogen) atoms. The van der Waals surface area contributed by atoms with Crippen LogP contribution in [0.5, 0.6) is 0 Å². The van der Waals surface area contributed by atoms with Crippen molar-refractivity contribution < 1.29 is 17.9 Å². The number of esters is 1. The molecule has 1 atom stereocenters. The Morgan fingerprint density at radius 2 is 1.72 bits per heavy atom. The third-order valence-electron chi connectivity index (χ3n) is 4.19. The lowest BCUT2D eigenvalue weighted by Crippen LogP contribution is -2.39. The second-order valence-electron chi connectivity index (χ2n) is 5.61. The molecule has 104 valence electrons. The molecular formula is C12H21NO4S. The first kappa shape index (κ1) is 13.8. The van der Waals surface area contributed by atoms with Gasteiger partial charge in [0.1, 0.15) is 11.9 Å². The second-order valence-corrected chi connectivity index (χ2v) is 7.27. The smallest absolute Gasteiger partial charge is 0.306 e. The first-order valence-electron chi connectivity index (χ1n) is 6.61. The van der Waals surface area contributed by atoms with E-state index in [2.05, 4.69) is 0 Å². The normalized spacial score (nSPS) is 28.7. The molecule has 0 aromatic carbocycles. The number of sulfonamides is 1. The topological polar surface area (TPSA) is 86.5 Å². The molecule has 0 radical (unpaired) electrons. The Bertz CT molecular complexity index is 410. The number of rotatable bonds is 2. The fourth-order valence-corrected chi connectivity index (χ4v) is 4.10. The Balaban J connectivity index is 2.17. The highest BCUT2D eigenvalue weighted by Crippen LogP contribution is 2.46. The zero-order chi connectivity index (χ0) is 13.2. The molecule has 0 aromatic heterocycles. The summed E-state index contributed by atoms with van der Waals surface area (Å²) in [6, 6.07) is 0. The van der Waals surface area contributed by atoms with E-state index in [0.29, 0.717) is 6.42 Å². The van der Waals surface area contributed by atoms with Gasteiger partial charge < -0.3 is 4.74 Å². The van der Waals surface area contributed by atoms with Crippen molar-refractivity contribution in [2.24, 2.45) is 10.6 Å². The van der Waals surface area contributed by atoms with Crippen LogP contribution in [-0.2, 0) is 19.6 Å². The van der Waals surface area contributed by atoms with Gasteiger partial charge >= 0.3 is 5.97 Å². The minimum absolute atomic E-state index is 0.237. The maximum Gasteiger partial charge on any atom is 0.306 e. The Morgan fingerprint density at radius 1 is 1.17 bits per heavy atom. The second kappa shape index (κ2) is 5.17. The van der Waals surface area contributed by atoms with Crippen molar-refractivity contribution in [3.05, 3.63) is 0 Å². The molecule has 6 heteroatoms. The summed E-state index contributed by atoms with van der Waals surface area (Å²) in [5, 5.41) is 5.10. The van der Waals surface area contributed by atoms with E-state index in [1.165, 1.54) is 6.42 Å². The summed E-state index contributed by atoms with van der Waals surface area (Å²) in [5.41, 5.74) is -0.288. The Hall–Kier alpha value is -0.620. The molecule has 0 amide bonds. The maximum absolute atomic E-state index is 11.6. The molecule has 1 spiro atoms. The lowest BCUT2D eigenvalue weighted by molar-refractivity contribution is -0.141. The average Bonchev–Trinajstić information content (AvgIpc) is 2.47. The molecule has 2 N–H and O–H groups in total. The highest BCUT2D eigenvalue weighted by Gasteiger charge is 2.49. The molecule has 1 heterocycles. The number of carbonyl (C=O) groups is 1. The van der Waals surface area contributed by atoms with Crippen LogP contribution in [0.4, 0.5) is 0 Å². The molecule has 2 rings (SSSR count). The first-order valence-corrected chi connectivity index (χ1v) is 8.33. The summed E-state index contributed by atoms with van der Waals surface area (Å²) in [6.07, 6.45) is 7.17. The zero-order valence-electron chi connectivity index (χ0n) is 10.6. The Labute approximate surface area is 108 Å². The monoisotopic (exact) mass is 275 g/mol. The highest BCUT2D eigenvalue weighted by molar-refractivity contribution is 7.89. The van der Waals surface area contributed by atoms with Crippen LogP contribution in [0.15, 0.2) is 0 Å². The number of hydrogen-bond acceptors (Lipinski definition) is 4. The van der Waals surface area contributed by atoms with Crippen molar-refractivity contribution >= 4 is 16.0 Å². The van der Waals surface area contributed by atoms with Gasteiger partial charge in [0.15, 0.2) is 0 Å². The van der Waals surface area contributed by atoms with Gasteiger partial charge in [-0.2, -0.15) is 0 Å². The van der Waals surface area contributed by atoms with Gasteiger partial charge in [-0.3, -0.25) is 4.79 Å². The predicted octanol–water partition coefficient (Wildman–Crippen LogP) is 1.32. The van der Waals surface area contributed by atoms with Crippen LogP contribution in [0.25, 0.3) is 0 Å². The quantitative estimate of drug-likeness (QED) is 0.770. The summed E-state index contributed by atoms with van der Waals surface area (Å²) in [4.78, 5) is 11.6. The number of primary sulfonamides is 1. The fraction of sp³-hybridized carbons (Fsp3) is 0.917. The van der Waals surface area contributed by atoms with Crippen molar-refractivity contribution in [1.82, 2.24) is 0 Å². The molecule has 1 unspecified atom stereocenters. The van der Waals surface area contributed by atoms with Gasteiger partial charge in [-0.25, -0.2) is 13.6 Å². The molecule has 0 bridgehead atoms. The van der Waals surface area contributed by atoms with Crippen molar-refractivity contribution in [3.8, 4) is 0 Å². The summed E-state index contributed by atoms with van der Waals surface area (Å²) in [5.74, 6) is -0.511. The Morgan fingerprint density at radius 3 is 2.28 bits per heavy atom. The van der Waals surface area contributed by atoms with E-state index >= 15 is 0 Å². The summed E-state index contributed by atoms with van der Waals surface area (Å²) >= 11 is 0. The van der Waals surface area contributed by atoms with Crippen molar-refractivity contribution in [2.45, 2.75) is 57.5 Å². The molecular weight excluding hydrogens is 254 g/mol. The van der Waals surface area contributed by atoms with Crippen LogP contribution in [0.2, 0.25) is 0 Å². The van der Waals surface area contributed by atoms with Gasteiger partial charge in [0, 0.05) is 5.41 Å². The van der Waals surface area contributed by atoms with Crippen molar-refractivity contribution in [3.63, 3.8) is 0 Å². The van der Waals surface area contributed by atoms with Gasteiger partial charge in [-0.05, 0) is 12.8 Å². The third kappa shape index (κ3) is 3.23. The minimum atomic E-state index is -3.60. The van der Waals surface area contributed by atoms with E-state index in [0.717, 1.165) is 38.5 Å². The zero-order valence-corrected chi connectivity index (χ0v) is 11.4. The van der Waals surface area contributed by atoms with Crippen molar-refractivity contribution in [1.29, 1.82) is 0 Å². The van der Waals surface area contributed by atoms with Gasteiger partial charge in [0.05, 0.1) is 6.42 Å². The molecule has 2 fully saturated rings. The van der Waals surface area contributed by atoms with E-state index in [-0.39, 0.29) is 17.1 Å². The molecule has 1 saturated carbocycles. The van der Waals surface area contributed by atoms with Crippen molar-refractivity contribution in [2.75, 3.05) is 5.75 Å². The van der Waals surface area contributed by atoms with Crippen LogP contribution in [0.3, 0.4) is 0 Å². The van der Waals surface area contributed by atoms with Crippen LogP contribution in [0, 0.1) is 5.41 Å². The largest absolute Gasteiger partial charge is 0.461 e. The molecule has 1 aliphatic heterocycles. The SMILES string of the molecule is NS(=O)(=O)CC1OC(=O)CC12CCCCCCC2. The fourth-order valence-electron chi connectivity index (χ4n) is 3.26. The van der Waals surface area contributed by atoms with Crippen LogP contribution >= 0.6 is 0 Å². The van der Waals surface area contributed by atoms with Gasteiger partial charge in [0.2, 0.25) is 10.0 Å². The summed E-state index contributed by atoms with van der Waals surface area (Å²) in [6.45, 7) is 0. The van der Waals surface area contributed by atoms with Gasteiger partial charge in [0.25, 0.3) is 0 Å². The van der Waals surface area contributed by atoms with E-state index in [9.17, 15) is 13.2 Å². The van der Waals surface area contributed by atoms with E-state index in [1.54, 1.807) is 0 Å². The lowest BCUT2D eigenvalue weighted by Gasteiger charge is -2.33. The average molecular weight is 275 g/mol. The molecule has 5 nitrogen and oxygen atoms in total. The van der Waals surface area contributed by atoms with E-state index < -0.39 is 16.1 Å². The number of hydrogen-bond donors (Lipinski definition) is 1. The van der Waals surface area contributed by atoms with Crippen LogP contribution in [0.1, 0.15) is 51.4 Å². The number of ether oxygens (including phenoxy) is 1. The maximum atomic E-state index is 11.6. The minimum Gasteiger partial charge on any atom is -0.461 e. The lowest BCUT2D eigenvalue weighted by atomic mass is 9.72. The molecule has 1 saturated heterocycles. The van der Waals surface area contributed by atoms with Crippen LogP contribution < -0.4 is 5.14 Å². The number of nitrogens with two attached hydrogens (primary N) is 1. The molecule has 1 aliphatic carbocycles. The van der Waals surface area contributed by atoms with E-state index in [4.69, 9.17) is 9.88 Å². The number of carbonyl (C=O) groups excluding carboxylic acids is 1. The standard InChI is InChI=1S/C12H21NO4S/c13-18(15,16)9-10-12(8-11(14)17-10)6-4-2-1-3-5-7-12/h10H,1-9H2,(H2,13,15,16). The third-order valence-corrected chi connectivity index (χ3v) is 4.95. The van der Waals surface area contributed by atoms with Crippen LogP contribution in [-0.4, -0.2) is 26.2 Å². The van der Waals surface area contributed by atoms with Gasteiger partial charge in [-0.1, -0.05) is 32.1 Å². The number of cyclic esters (lactones) is 1. The molecule has 2 aliphatic rings. The van der Waals surface area contributed by atoms with E-state index in [1.807, 2.05) is 0 Å². The Kier molecular flexibility index (Phi) is 3.96. The first-order chi connectivity index (χ1) is 8.41. The predicted molar refractivity (Wildman–Crippen MR) is 67.2 cm³/mol.